The molecule has 0 unspecified atom stereocenters. The van der Waals surface area contributed by atoms with Crippen molar-refractivity contribution in [2.45, 2.75) is 17.1 Å². The second kappa shape index (κ2) is 6.22. The number of halogens is 1. The largest absolute Gasteiger partial charge is 0.481 e. The minimum Gasteiger partial charge on any atom is -0.481 e. The summed E-state index contributed by atoms with van der Waals surface area (Å²) in [6, 6.07) is 7.63. The van der Waals surface area contributed by atoms with Crippen molar-refractivity contribution in [2.24, 2.45) is 0 Å². The molecule has 0 amide bonds. The van der Waals surface area contributed by atoms with E-state index in [-0.39, 0.29) is 6.42 Å². The van der Waals surface area contributed by atoms with Crippen molar-refractivity contribution in [1.82, 2.24) is 4.98 Å². The van der Waals surface area contributed by atoms with Crippen LogP contribution in [0.25, 0.3) is 0 Å². The maximum Gasteiger partial charge on any atom is 0.309 e. The molecule has 1 N–H and O–H groups in total. The molecular weight excluding hydrogens is 290 g/mol. The van der Waals surface area contributed by atoms with Crippen LogP contribution in [0, 0.1) is 0 Å². The first kappa shape index (κ1) is 13.4. The van der Waals surface area contributed by atoms with Crippen LogP contribution in [0.4, 0.5) is 0 Å². The molecule has 2 rings (SSSR count). The highest BCUT2D eigenvalue weighted by Crippen LogP contribution is 2.30. The molecule has 0 aliphatic rings. The topological polar surface area (TPSA) is 50.2 Å². The summed E-state index contributed by atoms with van der Waals surface area (Å²) < 4.78 is 0. The summed E-state index contributed by atoms with van der Waals surface area (Å²) in [5, 5.41) is 12.1. The molecule has 0 spiro atoms. The zero-order valence-electron chi connectivity index (χ0n) is 9.30. The Kier molecular flexibility index (Phi) is 4.63. The van der Waals surface area contributed by atoms with Crippen LogP contribution in [-0.2, 0) is 17.0 Å². The average Bonchev–Trinajstić information content (AvgIpc) is 2.75. The van der Waals surface area contributed by atoms with Crippen molar-refractivity contribution in [3.05, 3.63) is 45.4 Å². The van der Waals surface area contributed by atoms with Crippen LogP contribution in [0.1, 0.15) is 10.7 Å². The summed E-state index contributed by atoms with van der Waals surface area (Å²) in [4.78, 5) is 15.8. The highest BCUT2D eigenvalue weighted by Gasteiger charge is 2.07. The fraction of sp³-hybridized carbons (Fsp3) is 0.167. The molecule has 0 fully saturated rings. The van der Waals surface area contributed by atoms with Crippen molar-refractivity contribution < 1.29 is 9.90 Å². The Morgan fingerprint density at radius 1 is 1.44 bits per heavy atom. The van der Waals surface area contributed by atoms with Gasteiger partial charge in [0.15, 0.2) is 0 Å². The first-order chi connectivity index (χ1) is 8.65. The molecule has 0 atom stereocenters. The molecule has 0 radical (unpaired) electrons. The Morgan fingerprint density at radius 3 is 2.94 bits per heavy atom. The van der Waals surface area contributed by atoms with E-state index in [0.29, 0.717) is 11.4 Å². The number of aromatic nitrogens is 1. The Bertz CT molecular complexity index is 557. The molecule has 6 heteroatoms. The zero-order chi connectivity index (χ0) is 13.0. The van der Waals surface area contributed by atoms with Crippen molar-refractivity contribution in [3.8, 4) is 0 Å². The molecule has 0 saturated carbocycles. The van der Waals surface area contributed by atoms with Crippen LogP contribution < -0.4 is 0 Å². The third-order valence-corrected chi connectivity index (χ3v) is 4.73. The van der Waals surface area contributed by atoms with Gasteiger partial charge in [0.25, 0.3) is 0 Å². The fourth-order valence-corrected chi connectivity index (χ4v) is 3.40. The first-order valence-electron chi connectivity index (χ1n) is 5.17. The van der Waals surface area contributed by atoms with E-state index in [2.05, 4.69) is 4.98 Å². The van der Waals surface area contributed by atoms with E-state index in [1.165, 1.54) is 11.3 Å². The summed E-state index contributed by atoms with van der Waals surface area (Å²) in [5.41, 5.74) is 0.613. The number of hydrogen-bond donors (Lipinski definition) is 1. The summed E-state index contributed by atoms with van der Waals surface area (Å²) in [5.74, 6) is -0.154. The lowest BCUT2D eigenvalue weighted by Crippen LogP contribution is -2.00. The smallest absolute Gasteiger partial charge is 0.309 e. The quantitative estimate of drug-likeness (QED) is 0.855. The van der Waals surface area contributed by atoms with Crippen LogP contribution in [0.5, 0.6) is 0 Å². The predicted molar refractivity (Wildman–Crippen MR) is 74.5 cm³/mol. The van der Waals surface area contributed by atoms with Gasteiger partial charge in [-0.15, -0.1) is 23.1 Å². The van der Waals surface area contributed by atoms with Crippen LogP contribution in [0.15, 0.2) is 34.5 Å². The predicted octanol–water partition coefficient (Wildman–Crippen LogP) is 3.72. The van der Waals surface area contributed by atoms with Gasteiger partial charge in [-0.05, 0) is 12.1 Å². The normalized spacial score (nSPS) is 10.5. The van der Waals surface area contributed by atoms with E-state index in [1.54, 1.807) is 17.1 Å². The number of rotatable bonds is 5. The number of nitrogens with zero attached hydrogens (tertiary/aromatic N) is 1. The number of carboxylic acid groups (broad SMARTS) is 1. The number of aliphatic carboxylic acids is 1. The molecule has 0 saturated heterocycles. The van der Waals surface area contributed by atoms with Gasteiger partial charge in [-0.25, -0.2) is 4.98 Å². The molecule has 0 bridgehead atoms. The van der Waals surface area contributed by atoms with Gasteiger partial charge >= 0.3 is 5.97 Å². The van der Waals surface area contributed by atoms with Crippen molar-refractivity contribution in [2.75, 3.05) is 0 Å². The Labute approximate surface area is 118 Å². The van der Waals surface area contributed by atoms with Gasteiger partial charge in [0.2, 0.25) is 0 Å². The van der Waals surface area contributed by atoms with E-state index in [0.717, 1.165) is 14.9 Å². The van der Waals surface area contributed by atoms with E-state index in [1.807, 2.05) is 24.3 Å². The van der Waals surface area contributed by atoms with Crippen LogP contribution in [0.2, 0.25) is 5.02 Å². The monoisotopic (exact) mass is 299 g/mol. The average molecular weight is 300 g/mol. The van der Waals surface area contributed by atoms with E-state index < -0.39 is 5.97 Å². The van der Waals surface area contributed by atoms with Gasteiger partial charge < -0.3 is 5.11 Å². The molecule has 1 heterocycles. The summed E-state index contributed by atoms with van der Waals surface area (Å²) in [7, 11) is 0. The number of carbonyl (C=O) groups is 1. The van der Waals surface area contributed by atoms with Gasteiger partial charge in [0, 0.05) is 10.3 Å². The van der Waals surface area contributed by atoms with Crippen molar-refractivity contribution >= 4 is 40.7 Å². The highest BCUT2D eigenvalue weighted by molar-refractivity contribution is 7.98. The molecule has 1 aromatic carbocycles. The van der Waals surface area contributed by atoms with Gasteiger partial charge in [-0.2, -0.15) is 0 Å². The molecule has 0 aliphatic carbocycles. The van der Waals surface area contributed by atoms with Gasteiger partial charge in [0.1, 0.15) is 5.01 Å². The summed E-state index contributed by atoms with van der Waals surface area (Å²) in [6.45, 7) is 0. The standard InChI is InChI=1S/C12H10ClNO2S2/c13-9-3-1-2-4-10(9)17-7-11-14-8(6-18-11)5-12(15)16/h1-4,6H,5,7H2,(H,15,16). The molecule has 3 nitrogen and oxygen atoms in total. The van der Waals surface area contributed by atoms with Crippen molar-refractivity contribution in [1.29, 1.82) is 0 Å². The second-order valence-corrected chi connectivity index (χ2v) is 5.89. The lowest BCUT2D eigenvalue weighted by atomic mass is 10.3. The minimum absolute atomic E-state index is 0.0206. The van der Waals surface area contributed by atoms with Crippen LogP contribution >= 0.6 is 34.7 Å². The number of carboxylic acids is 1. The third-order valence-electron chi connectivity index (χ3n) is 2.12. The number of thioether (sulfide) groups is 1. The molecule has 94 valence electrons. The SMILES string of the molecule is O=C(O)Cc1csc(CSc2ccccc2Cl)n1. The number of benzene rings is 1. The van der Waals surface area contributed by atoms with Gasteiger partial charge in [-0.3, -0.25) is 4.79 Å². The lowest BCUT2D eigenvalue weighted by Gasteiger charge is -2.01. The summed E-state index contributed by atoms with van der Waals surface area (Å²) in [6.07, 6.45) is -0.0206. The first-order valence-corrected chi connectivity index (χ1v) is 7.42. The minimum atomic E-state index is -0.856. The highest BCUT2D eigenvalue weighted by atomic mass is 35.5. The zero-order valence-corrected chi connectivity index (χ0v) is 11.7. The molecular formula is C12H10ClNO2S2. The number of hydrogen-bond acceptors (Lipinski definition) is 4. The molecule has 1 aromatic heterocycles. The third kappa shape index (κ3) is 3.73. The maximum absolute atomic E-state index is 10.5. The van der Waals surface area contributed by atoms with Crippen molar-refractivity contribution in [3.63, 3.8) is 0 Å². The number of thiazole rings is 1. The van der Waals surface area contributed by atoms with Gasteiger partial charge in [-0.1, -0.05) is 23.7 Å². The van der Waals surface area contributed by atoms with E-state index in [9.17, 15) is 4.79 Å². The molecule has 0 aliphatic heterocycles. The molecule has 2 aromatic rings. The lowest BCUT2D eigenvalue weighted by molar-refractivity contribution is -0.136. The Hall–Kier alpha value is -1.04. The maximum atomic E-state index is 10.5. The molecule has 18 heavy (non-hydrogen) atoms. The Balaban J connectivity index is 1.96. The van der Waals surface area contributed by atoms with E-state index in [4.69, 9.17) is 16.7 Å². The van der Waals surface area contributed by atoms with Crippen LogP contribution in [0.3, 0.4) is 0 Å². The fourth-order valence-electron chi connectivity index (χ4n) is 1.35. The Morgan fingerprint density at radius 2 is 2.22 bits per heavy atom. The van der Waals surface area contributed by atoms with Gasteiger partial charge in [0.05, 0.1) is 22.9 Å². The second-order valence-electron chi connectivity index (χ2n) is 3.52. The van der Waals surface area contributed by atoms with E-state index >= 15 is 0 Å². The van der Waals surface area contributed by atoms with Crippen LogP contribution in [-0.4, -0.2) is 16.1 Å². The summed E-state index contributed by atoms with van der Waals surface area (Å²) >= 11 is 9.13.